The van der Waals surface area contributed by atoms with E-state index in [0.717, 1.165) is 12.1 Å². The largest absolute Gasteiger partial charge is 0.485 e. The third-order valence-electron chi connectivity index (χ3n) is 2.85. The lowest BCUT2D eigenvalue weighted by atomic mass is 10.2. The summed E-state index contributed by atoms with van der Waals surface area (Å²) < 4.78 is 32.6. The van der Waals surface area contributed by atoms with Crippen LogP contribution in [0.2, 0.25) is 0 Å². The van der Waals surface area contributed by atoms with E-state index in [0.29, 0.717) is 0 Å². The van der Waals surface area contributed by atoms with Crippen LogP contribution in [-0.2, 0) is 13.2 Å². The van der Waals surface area contributed by atoms with E-state index in [1.54, 1.807) is 0 Å². The molecule has 0 unspecified atom stereocenters. The minimum Gasteiger partial charge on any atom is -0.485 e. The molecule has 0 atom stereocenters. The summed E-state index contributed by atoms with van der Waals surface area (Å²) in [5, 5.41) is 19.7. The normalized spacial score (nSPS) is 10.4. The summed E-state index contributed by atoms with van der Waals surface area (Å²) in [6.07, 6.45) is 0. The first kappa shape index (κ1) is 14.9. The second-order valence-electron chi connectivity index (χ2n) is 4.18. The lowest BCUT2D eigenvalue weighted by Crippen LogP contribution is -2.04. The SMILES string of the molecule is O=[N+]([O-])c1cccc(COc2c(F)cccc2CO)c1F. The van der Waals surface area contributed by atoms with Gasteiger partial charge in [0.1, 0.15) is 6.61 Å². The van der Waals surface area contributed by atoms with E-state index in [9.17, 15) is 18.9 Å². The smallest absolute Gasteiger partial charge is 0.305 e. The molecule has 2 aromatic rings. The summed E-state index contributed by atoms with van der Waals surface area (Å²) in [6, 6.07) is 7.65. The molecule has 7 heteroatoms. The first-order valence-corrected chi connectivity index (χ1v) is 5.97. The molecule has 2 rings (SSSR count). The van der Waals surface area contributed by atoms with Gasteiger partial charge in [-0.25, -0.2) is 4.39 Å². The zero-order valence-corrected chi connectivity index (χ0v) is 10.8. The number of aliphatic hydroxyl groups is 1. The van der Waals surface area contributed by atoms with E-state index in [-0.39, 0.29) is 23.5 Å². The zero-order valence-electron chi connectivity index (χ0n) is 10.8. The van der Waals surface area contributed by atoms with Crippen molar-refractivity contribution in [1.29, 1.82) is 0 Å². The molecule has 110 valence electrons. The molecule has 0 fully saturated rings. The quantitative estimate of drug-likeness (QED) is 0.680. The summed E-state index contributed by atoms with van der Waals surface area (Å²) in [5.74, 6) is -1.93. The molecule has 0 aromatic heterocycles. The summed E-state index contributed by atoms with van der Waals surface area (Å²) in [6.45, 7) is -0.827. The number of ether oxygens (including phenoxy) is 1. The Hall–Kier alpha value is -2.54. The van der Waals surface area contributed by atoms with Crippen molar-refractivity contribution in [3.63, 3.8) is 0 Å². The molecule has 0 amide bonds. The number of nitro groups is 1. The second kappa shape index (κ2) is 6.27. The number of benzene rings is 2. The molecule has 0 radical (unpaired) electrons. The van der Waals surface area contributed by atoms with Crippen molar-refractivity contribution >= 4 is 5.69 Å². The number of rotatable bonds is 5. The maximum atomic E-state index is 13.8. The Morgan fingerprint density at radius 1 is 1.14 bits per heavy atom. The molecule has 0 saturated heterocycles. The van der Waals surface area contributed by atoms with Gasteiger partial charge in [0.25, 0.3) is 0 Å². The van der Waals surface area contributed by atoms with Crippen molar-refractivity contribution < 1.29 is 23.5 Å². The lowest BCUT2D eigenvalue weighted by molar-refractivity contribution is -0.387. The van der Waals surface area contributed by atoms with Crippen LogP contribution in [0.4, 0.5) is 14.5 Å². The van der Waals surface area contributed by atoms with Gasteiger partial charge in [0.2, 0.25) is 5.82 Å². The van der Waals surface area contributed by atoms with Crippen LogP contribution in [0.1, 0.15) is 11.1 Å². The van der Waals surface area contributed by atoms with Crippen LogP contribution in [-0.4, -0.2) is 10.0 Å². The fraction of sp³-hybridized carbons (Fsp3) is 0.143. The molecule has 0 aliphatic carbocycles. The second-order valence-corrected chi connectivity index (χ2v) is 4.18. The van der Waals surface area contributed by atoms with Crippen molar-refractivity contribution in [2.45, 2.75) is 13.2 Å². The number of aliphatic hydroxyl groups excluding tert-OH is 1. The molecule has 0 heterocycles. The number of halogens is 2. The Bertz CT molecular complexity index is 676. The monoisotopic (exact) mass is 295 g/mol. The molecular formula is C14H11F2NO4. The standard InChI is InChI=1S/C14H11F2NO4/c15-11-5-1-3-9(7-18)14(11)21-8-10-4-2-6-12(13(10)16)17(19)20/h1-6,18H,7-8H2. The van der Waals surface area contributed by atoms with Gasteiger partial charge in [-0.15, -0.1) is 0 Å². The maximum Gasteiger partial charge on any atom is 0.305 e. The van der Waals surface area contributed by atoms with E-state index in [1.807, 2.05) is 0 Å². The van der Waals surface area contributed by atoms with Crippen molar-refractivity contribution in [3.8, 4) is 5.75 Å². The Morgan fingerprint density at radius 3 is 2.48 bits per heavy atom. The van der Waals surface area contributed by atoms with Gasteiger partial charge in [-0.2, -0.15) is 4.39 Å². The van der Waals surface area contributed by atoms with Crippen LogP contribution >= 0.6 is 0 Å². The highest BCUT2D eigenvalue weighted by Crippen LogP contribution is 2.26. The number of nitro benzene ring substituents is 1. The summed E-state index contributed by atoms with van der Waals surface area (Å²) in [4.78, 5) is 9.79. The fourth-order valence-electron chi connectivity index (χ4n) is 1.81. The molecular weight excluding hydrogens is 284 g/mol. The van der Waals surface area contributed by atoms with Crippen LogP contribution in [0.25, 0.3) is 0 Å². The summed E-state index contributed by atoms with van der Waals surface area (Å²) in [7, 11) is 0. The molecule has 5 nitrogen and oxygen atoms in total. The summed E-state index contributed by atoms with van der Waals surface area (Å²) >= 11 is 0. The van der Waals surface area contributed by atoms with Crippen molar-refractivity contribution in [3.05, 3.63) is 69.3 Å². The number of nitrogens with zero attached hydrogens (tertiary/aromatic N) is 1. The Morgan fingerprint density at radius 2 is 1.81 bits per heavy atom. The number of hydrogen-bond acceptors (Lipinski definition) is 4. The van der Waals surface area contributed by atoms with Gasteiger partial charge < -0.3 is 9.84 Å². The fourth-order valence-corrected chi connectivity index (χ4v) is 1.81. The minimum atomic E-state index is -1.02. The third kappa shape index (κ3) is 3.14. The predicted molar refractivity (Wildman–Crippen MR) is 69.7 cm³/mol. The van der Waals surface area contributed by atoms with Gasteiger partial charge in [-0.3, -0.25) is 10.1 Å². The average Bonchev–Trinajstić information content (AvgIpc) is 2.46. The molecule has 1 N–H and O–H groups in total. The summed E-state index contributed by atoms with van der Waals surface area (Å²) in [5.41, 5.74) is -0.538. The molecule has 0 bridgehead atoms. The Kier molecular flexibility index (Phi) is 4.44. The molecule has 2 aromatic carbocycles. The first-order chi connectivity index (χ1) is 10.0. The van der Waals surface area contributed by atoms with E-state index < -0.39 is 28.9 Å². The van der Waals surface area contributed by atoms with Gasteiger partial charge in [-0.05, 0) is 6.07 Å². The third-order valence-corrected chi connectivity index (χ3v) is 2.85. The predicted octanol–water partition coefficient (Wildman–Crippen LogP) is 2.94. The van der Waals surface area contributed by atoms with E-state index in [4.69, 9.17) is 9.84 Å². The van der Waals surface area contributed by atoms with Crippen LogP contribution in [0.5, 0.6) is 5.75 Å². The Balaban J connectivity index is 2.25. The number of para-hydroxylation sites is 1. The lowest BCUT2D eigenvalue weighted by Gasteiger charge is -2.11. The highest BCUT2D eigenvalue weighted by atomic mass is 19.1. The minimum absolute atomic E-state index is 0.0728. The van der Waals surface area contributed by atoms with Gasteiger partial charge in [0.05, 0.1) is 11.5 Å². The van der Waals surface area contributed by atoms with E-state index >= 15 is 0 Å². The highest BCUT2D eigenvalue weighted by Gasteiger charge is 2.18. The first-order valence-electron chi connectivity index (χ1n) is 5.97. The van der Waals surface area contributed by atoms with Crippen LogP contribution in [0.15, 0.2) is 36.4 Å². The van der Waals surface area contributed by atoms with Crippen LogP contribution in [0, 0.1) is 21.7 Å². The van der Waals surface area contributed by atoms with Crippen molar-refractivity contribution in [1.82, 2.24) is 0 Å². The van der Waals surface area contributed by atoms with Gasteiger partial charge in [-0.1, -0.05) is 24.3 Å². The number of hydrogen-bond donors (Lipinski definition) is 1. The topological polar surface area (TPSA) is 72.6 Å². The van der Waals surface area contributed by atoms with Gasteiger partial charge in [0.15, 0.2) is 11.6 Å². The van der Waals surface area contributed by atoms with Gasteiger partial charge >= 0.3 is 5.69 Å². The molecule has 0 spiro atoms. The molecule has 0 saturated carbocycles. The van der Waals surface area contributed by atoms with E-state index in [1.165, 1.54) is 24.3 Å². The Labute approximate surface area is 118 Å². The van der Waals surface area contributed by atoms with Crippen molar-refractivity contribution in [2.24, 2.45) is 0 Å². The van der Waals surface area contributed by atoms with Crippen molar-refractivity contribution in [2.75, 3.05) is 0 Å². The maximum absolute atomic E-state index is 13.8. The molecule has 0 aliphatic heterocycles. The van der Waals surface area contributed by atoms with E-state index in [2.05, 4.69) is 0 Å². The highest BCUT2D eigenvalue weighted by molar-refractivity contribution is 5.38. The van der Waals surface area contributed by atoms with Gasteiger partial charge in [0, 0.05) is 17.2 Å². The zero-order chi connectivity index (χ0) is 15.4. The van der Waals surface area contributed by atoms with Crippen LogP contribution < -0.4 is 4.74 Å². The molecule has 0 aliphatic rings. The average molecular weight is 295 g/mol. The van der Waals surface area contributed by atoms with Crippen LogP contribution in [0.3, 0.4) is 0 Å². The molecule has 21 heavy (non-hydrogen) atoms.